The molecule has 1 fully saturated rings. The Morgan fingerprint density at radius 3 is 2.60 bits per heavy atom. The molecule has 0 unspecified atom stereocenters. The minimum atomic E-state index is -0.443. The number of anilines is 1. The predicted octanol–water partition coefficient (Wildman–Crippen LogP) is 3.46. The molecule has 0 spiro atoms. The molecule has 1 amide bonds. The number of nitro benzene ring substituents is 1. The Balaban J connectivity index is 0.00000151. The van der Waals surface area contributed by atoms with E-state index in [4.69, 9.17) is 5.26 Å². The van der Waals surface area contributed by atoms with Gasteiger partial charge in [-0.1, -0.05) is 20.3 Å². The second kappa shape index (κ2) is 11.0. The number of nitriles is 1. The van der Waals surface area contributed by atoms with Crippen molar-refractivity contribution in [2.75, 3.05) is 18.4 Å². The molecule has 1 aromatic carbocycles. The van der Waals surface area contributed by atoms with Crippen molar-refractivity contribution in [1.29, 1.82) is 5.26 Å². The number of carbonyl (C=O) groups is 1. The maximum atomic E-state index is 11.1. The number of hydrogen-bond donors (Lipinski definition) is 2. The average molecular weight is 346 g/mol. The minimum Gasteiger partial charge on any atom is -0.379 e. The molecule has 7 heteroatoms. The number of nitro groups is 1. The van der Waals surface area contributed by atoms with Crippen LogP contribution in [0.1, 0.15) is 45.1 Å². The zero-order valence-corrected chi connectivity index (χ0v) is 14.8. The van der Waals surface area contributed by atoms with Crippen LogP contribution < -0.4 is 10.6 Å². The van der Waals surface area contributed by atoms with Gasteiger partial charge in [-0.05, 0) is 43.2 Å². The number of benzene rings is 1. The molecule has 25 heavy (non-hydrogen) atoms. The van der Waals surface area contributed by atoms with E-state index in [0.29, 0.717) is 36.2 Å². The monoisotopic (exact) mass is 346 g/mol. The summed E-state index contributed by atoms with van der Waals surface area (Å²) in [6, 6.07) is 6.33. The van der Waals surface area contributed by atoms with Crippen molar-refractivity contribution in [3.05, 3.63) is 33.9 Å². The van der Waals surface area contributed by atoms with Crippen LogP contribution in [0.25, 0.3) is 0 Å². The second-order valence-electron chi connectivity index (χ2n) is 5.91. The highest BCUT2D eigenvalue weighted by Gasteiger charge is 2.22. The van der Waals surface area contributed by atoms with E-state index >= 15 is 0 Å². The van der Waals surface area contributed by atoms with Crippen molar-refractivity contribution in [2.45, 2.75) is 39.5 Å². The summed E-state index contributed by atoms with van der Waals surface area (Å²) in [6.07, 6.45) is 4.97. The lowest BCUT2D eigenvalue weighted by molar-refractivity contribution is -0.384. The van der Waals surface area contributed by atoms with Gasteiger partial charge >= 0.3 is 0 Å². The van der Waals surface area contributed by atoms with Crippen molar-refractivity contribution in [3.63, 3.8) is 0 Å². The molecule has 7 nitrogen and oxygen atoms in total. The fraction of sp³-hybridized carbons (Fsp3) is 0.556. The number of carbonyl (C=O) groups excluding carboxylic acids is 1. The third-order valence-electron chi connectivity index (χ3n) is 4.28. The van der Waals surface area contributed by atoms with Crippen molar-refractivity contribution in [3.8, 4) is 6.07 Å². The quantitative estimate of drug-likeness (QED) is 0.446. The van der Waals surface area contributed by atoms with E-state index in [2.05, 4.69) is 10.6 Å². The number of rotatable bonds is 7. The van der Waals surface area contributed by atoms with E-state index in [1.165, 1.54) is 18.2 Å². The van der Waals surface area contributed by atoms with E-state index in [-0.39, 0.29) is 5.69 Å². The second-order valence-corrected chi connectivity index (χ2v) is 5.91. The van der Waals surface area contributed by atoms with Gasteiger partial charge in [0.1, 0.15) is 5.69 Å². The first kappa shape index (κ1) is 20.4. The summed E-state index contributed by atoms with van der Waals surface area (Å²) in [5.41, 5.74) is 0.774. The number of hydrogen-bond acceptors (Lipinski definition) is 5. The summed E-state index contributed by atoms with van der Waals surface area (Å²) in [7, 11) is 0. The molecular formula is C18H26N4O3. The minimum absolute atomic E-state index is 0.0148. The molecule has 0 aliphatic heterocycles. The molecule has 1 aromatic rings. The van der Waals surface area contributed by atoms with Crippen molar-refractivity contribution >= 4 is 17.8 Å². The van der Waals surface area contributed by atoms with E-state index in [1.54, 1.807) is 0 Å². The lowest BCUT2D eigenvalue weighted by atomic mass is 9.81. The normalized spacial score (nSPS) is 18.9. The Morgan fingerprint density at radius 2 is 2.00 bits per heavy atom. The highest BCUT2D eigenvalue weighted by molar-refractivity contribution is 5.64. The maximum absolute atomic E-state index is 11.1. The van der Waals surface area contributed by atoms with Crippen LogP contribution >= 0.6 is 0 Å². The van der Waals surface area contributed by atoms with Crippen LogP contribution in [0.3, 0.4) is 0 Å². The molecule has 0 aromatic heterocycles. The molecule has 0 saturated heterocycles. The van der Waals surface area contributed by atoms with Crippen LogP contribution in [0, 0.1) is 33.3 Å². The van der Waals surface area contributed by atoms with Crippen LogP contribution in [-0.2, 0) is 4.79 Å². The zero-order chi connectivity index (χ0) is 18.7. The molecule has 136 valence electrons. The molecule has 2 rings (SSSR count). The highest BCUT2D eigenvalue weighted by Crippen LogP contribution is 2.30. The summed E-state index contributed by atoms with van der Waals surface area (Å²) < 4.78 is 0. The zero-order valence-electron chi connectivity index (χ0n) is 14.8. The van der Waals surface area contributed by atoms with Gasteiger partial charge < -0.3 is 10.6 Å². The van der Waals surface area contributed by atoms with Crippen LogP contribution in [0.2, 0.25) is 0 Å². The van der Waals surface area contributed by atoms with Gasteiger partial charge in [-0.25, -0.2) is 0 Å². The molecule has 1 saturated carbocycles. The maximum Gasteiger partial charge on any atom is 0.292 e. The van der Waals surface area contributed by atoms with Gasteiger partial charge in [0.2, 0.25) is 6.41 Å². The topological polar surface area (TPSA) is 108 Å². The number of nitrogens with zero attached hydrogens (tertiary/aromatic N) is 2. The number of nitrogens with one attached hydrogen (secondary N) is 2. The van der Waals surface area contributed by atoms with Gasteiger partial charge in [0, 0.05) is 19.2 Å². The van der Waals surface area contributed by atoms with Gasteiger partial charge in [0.05, 0.1) is 16.6 Å². The van der Waals surface area contributed by atoms with Gasteiger partial charge in [-0.2, -0.15) is 5.26 Å². The Hall–Kier alpha value is -2.62. The van der Waals surface area contributed by atoms with Crippen LogP contribution in [0.5, 0.6) is 0 Å². The first-order chi connectivity index (χ1) is 12.1. The Morgan fingerprint density at radius 1 is 1.32 bits per heavy atom. The molecule has 0 radical (unpaired) electrons. The average Bonchev–Trinajstić information content (AvgIpc) is 2.66. The van der Waals surface area contributed by atoms with Gasteiger partial charge in [0.25, 0.3) is 5.69 Å². The van der Waals surface area contributed by atoms with Gasteiger partial charge in [-0.15, -0.1) is 0 Å². The first-order valence-electron chi connectivity index (χ1n) is 8.73. The van der Waals surface area contributed by atoms with Crippen LogP contribution in [0.15, 0.2) is 18.2 Å². The van der Waals surface area contributed by atoms with Gasteiger partial charge in [0.15, 0.2) is 0 Å². The van der Waals surface area contributed by atoms with Gasteiger partial charge in [-0.3, -0.25) is 14.9 Å². The lowest BCUT2D eigenvalue weighted by Gasteiger charge is -2.29. The van der Waals surface area contributed by atoms with Crippen LogP contribution in [0.4, 0.5) is 11.4 Å². The fourth-order valence-corrected chi connectivity index (χ4v) is 3.15. The molecule has 0 heterocycles. The molecule has 1 aliphatic rings. The summed E-state index contributed by atoms with van der Waals surface area (Å²) in [5.74, 6) is 0.869. The predicted molar refractivity (Wildman–Crippen MR) is 97.2 cm³/mol. The summed E-state index contributed by atoms with van der Waals surface area (Å²) in [4.78, 5) is 21.0. The standard InChI is InChI=1S/C16H20N4O3.C2H6/c17-8-12-4-5-16(20(22)23)15(7-12)19-10-14-3-1-2-13(6-14)9-18-11-21;1-2/h4-5,7,11,13-14,19H,1-3,6,9-10H2,(H,18,21);1-2H3/t13-,14+;/m1./s1. The van der Waals surface area contributed by atoms with E-state index in [0.717, 1.165) is 32.1 Å². The fourth-order valence-electron chi connectivity index (χ4n) is 3.15. The third-order valence-corrected chi connectivity index (χ3v) is 4.28. The molecular weight excluding hydrogens is 320 g/mol. The largest absolute Gasteiger partial charge is 0.379 e. The van der Waals surface area contributed by atoms with Crippen LogP contribution in [-0.4, -0.2) is 24.4 Å². The molecule has 2 N–H and O–H groups in total. The SMILES string of the molecule is CC.N#Cc1ccc([N+](=O)[O-])c(NC[C@H]2CCC[C@@H](CNC=O)C2)c1. The van der Waals surface area contributed by atoms with E-state index < -0.39 is 4.92 Å². The first-order valence-corrected chi connectivity index (χ1v) is 8.73. The third kappa shape index (κ3) is 6.42. The lowest BCUT2D eigenvalue weighted by Crippen LogP contribution is -2.29. The van der Waals surface area contributed by atoms with E-state index in [9.17, 15) is 14.9 Å². The van der Waals surface area contributed by atoms with Crippen molar-refractivity contribution in [1.82, 2.24) is 5.32 Å². The Kier molecular flexibility index (Phi) is 9.01. The highest BCUT2D eigenvalue weighted by atomic mass is 16.6. The molecule has 1 aliphatic carbocycles. The number of amides is 1. The summed E-state index contributed by atoms with van der Waals surface area (Å²) in [6.45, 7) is 5.32. The van der Waals surface area contributed by atoms with E-state index in [1.807, 2.05) is 19.9 Å². The van der Waals surface area contributed by atoms with Crippen molar-refractivity contribution < 1.29 is 9.72 Å². The molecule has 2 atom stereocenters. The summed E-state index contributed by atoms with van der Waals surface area (Å²) in [5, 5.41) is 25.9. The Bertz CT molecular complexity index is 613. The molecule has 0 bridgehead atoms. The summed E-state index contributed by atoms with van der Waals surface area (Å²) >= 11 is 0. The van der Waals surface area contributed by atoms with Crippen molar-refractivity contribution in [2.24, 2.45) is 11.8 Å². The Labute approximate surface area is 148 Å². The smallest absolute Gasteiger partial charge is 0.292 e.